The Balaban J connectivity index is 1.17. The third kappa shape index (κ3) is 4.73. The SMILES string of the molecule is CC(C)c1cc(CNc2nc(N)c(-c3cc(C4CC4)[nH]n3)c(N3C[C@H]4C[C@@H]3CN4Cc3ccccc3)n2)on1. The average molecular weight is 526 g/mol. The molecule has 0 unspecified atom stereocenters. The van der Waals surface area contributed by atoms with Crippen molar-refractivity contribution >= 4 is 17.6 Å². The van der Waals surface area contributed by atoms with E-state index in [2.05, 4.69) is 85.7 Å². The van der Waals surface area contributed by atoms with E-state index in [9.17, 15) is 0 Å². The van der Waals surface area contributed by atoms with Crippen LogP contribution in [-0.4, -0.2) is 55.4 Å². The van der Waals surface area contributed by atoms with E-state index in [4.69, 9.17) is 15.2 Å². The summed E-state index contributed by atoms with van der Waals surface area (Å²) in [5, 5.41) is 15.4. The lowest BCUT2D eigenvalue weighted by molar-refractivity contribution is 0.230. The Morgan fingerprint density at radius 3 is 2.67 bits per heavy atom. The summed E-state index contributed by atoms with van der Waals surface area (Å²) in [6.07, 6.45) is 3.52. The van der Waals surface area contributed by atoms with Crippen LogP contribution in [0.5, 0.6) is 0 Å². The van der Waals surface area contributed by atoms with Gasteiger partial charge in [-0.1, -0.05) is 49.3 Å². The molecule has 3 aromatic heterocycles. The minimum absolute atomic E-state index is 0.307. The van der Waals surface area contributed by atoms with Crippen LogP contribution in [0.1, 0.15) is 67.7 Å². The van der Waals surface area contributed by atoms with E-state index in [-0.39, 0.29) is 0 Å². The van der Waals surface area contributed by atoms with Gasteiger partial charge in [-0.15, -0.1) is 0 Å². The van der Waals surface area contributed by atoms with Gasteiger partial charge in [-0.2, -0.15) is 15.1 Å². The van der Waals surface area contributed by atoms with Crippen molar-refractivity contribution in [2.24, 2.45) is 0 Å². The molecule has 10 nitrogen and oxygen atoms in total. The number of nitrogens with zero attached hydrogens (tertiary/aromatic N) is 6. The zero-order valence-corrected chi connectivity index (χ0v) is 22.5. The lowest BCUT2D eigenvalue weighted by Gasteiger charge is -2.36. The fraction of sp³-hybridized carbons (Fsp3) is 0.448. The number of nitrogen functional groups attached to an aromatic ring is 1. The summed E-state index contributed by atoms with van der Waals surface area (Å²) in [6, 6.07) is 15.7. The van der Waals surface area contributed by atoms with Crippen molar-refractivity contribution in [1.82, 2.24) is 30.2 Å². The number of piperazine rings is 1. The van der Waals surface area contributed by atoms with Crippen LogP contribution in [0.3, 0.4) is 0 Å². The molecule has 10 heteroatoms. The highest BCUT2D eigenvalue weighted by Crippen LogP contribution is 2.44. The van der Waals surface area contributed by atoms with Gasteiger partial charge in [-0.3, -0.25) is 10.00 Å². The maximum absolute atomic E-state index is 6.65. The predicted molar refractivity (Wildman–Crippen MR) is 150 cm³/mol. The van der Waals surface area contributed by atoms with Crippen molar-refractivity contribution in [3.8, 4) is 11.3 Å². The van der Waals surface area contributed by atoms with Crippen molar-refractivity contribution in [3.05, 3.63) is 65.2 Å². The number of hydrogen-bond acceptors (Lipinski definition) is 9. The zero-order chi connectivity index (χ0) is 26.5. The minimum Gasteiger partial charge on any atom is -0.383 e. The second kappa shape index (κ2) is 9.68. The van der Waals surface area contributed by atoms with Crippen molar-refractivity contribution in [1.29, 1.82) is 0 Å². The van der Waals surface area contributed by atoms with Crippen LogP contribution < -0.4 is 16.0 Å². The number of benzene rings is 1. The van der Waals surface area contributed by atoms with Gasteiger partial charge in [0.1, 0.15) is 11.6 Å². The Bertz CT molecular complexity index is 1460. The highest BCUT2D eigenvalue weighted by molar-refractivity contribution is 5.84. The highest BCUT2D eigenvalue weighted by Gasteiger charge is 2.45. The van der Waals surface area contributed by atoms with Gasteiger partial charge >= 0.3 is 0 Å². The Hall–Kier alpha value is -3.92. The summed E-state index contributed by atoms with van der Waals surface area (Å²) < 4.78 is 5.50. The predicted octanol–water partition coefficient (Wildman–Crippen LogP) is 4.51. The Labute approximate surface area is 228 Å². The van der Waals surface area contributed by atoms with Crippen LogP contribution in [0.2, 0.25) is 0 Å². The first-order valence-corrected chi connectivity index (χ1v) is 14.0. The molecule has 4 aromatic rings. The molecule has 2 saturated heterocycles. The van der Waals surface area contributed by atoms with Crippen LogP contribution in [0.15, 0.2) is 47.0 Å². The second-order valence-electron chi connectivity index (χ2n) is 11.5. The molecule has 202 valence electrons. The summed E-state index contributed by atoms with van der Waals surface area (Å²) in [6.45, 7) is 7.50. The molecule has 0 radical (unpaired) electrons. The summed E-state index contributed by atoms with van der Waals surface area (Å²) in [5.41, 5.74) is 11.7. The van der Waals surface area contributed by atoms with Gasteiger partial charge < -0.3 is 20.5 Å². The van der Waals surface area contributed by atoms with Gasteiger partial charge in [-0.25, -0.2) is 0 Å². The van der Waals surface area contributed by atoms with Gasteiger partial charge in [0.25, 0.3) is 0 Å². The molecule has 39 heavy (non-hydrogen) atoms. The van der Waals surface area contributed by atoms with Crippen LogP contribution in [0.25, 0.3) is 11.3 Å². The first kappa shape index (κ1) is 24.1. The Kier molecular flexibility index (Phi) is 5.99. The first-order valence-electron chi connectivity index (χ1n) is 14.0. The fourth-order valence-electron chi connectivity index (χ4n) is 5.94. The molecular formula is C29H35N9O. The monoisotopic (exact) mass is 525 g/mol. The van der Waals surface area contributed by atoms with Gasteiger partial charge in [0.15, 0.2) is 5.76 Å². The number of aromatic nitrogens is 5. The van der Waals surface area contributed by atoms with Gasteiger partial charge in [0.05, 0.1) is 23.5 Å². The third-order valence-electron chi connectivity index (χ3n) is 8.23. The molecule has 1 aliphatic carbocycles. The second-order valence-corrected chi connectivity index (χ2v) is 11.5. The van der Waals surface area contributed by atoms with E-state index < -0.39 is 0 Å². The standard InChI is InChI=1S/C29H35N9O/c1-17(2)23-11-22(39-36-23)13-31-29-32-27(30)26(25-12-24(34-35-25)19-8-9-19)28(33-29)38-16-20-10-21(38)15-37(20)14-18-6-4-3-5-7-18/h3-7,11-12,17,19-21H,8-10,13-16H2,1-2H3,(H,34,35)(H3,30,31,32,33)/t20-,21-/m1/s1. The van der Waals surface area contributed by atoms with Crippen LogP contribution in [0, 0.1) is 0 Å². The zero-order valence-electron chi connectivity index (χ0n) is 22.5. The smallest absolute Gasteiger partial charge is 0.227 e. The quantitative estimate of drug-likeness (QED) is 0.289. The molecular weight excluding hydrogens is 490 g/mol. The van der Waals surface area contributed by atoms with E-state index in [1.54, 1.807) is 0 Å². The average Bonchev–Trinajstić information content (AvgIpc) is 3.31. The number of H-pyrrole nitrogens is 1. The number of likely N-dealkylation sites (tertiary alicyclic amines) is 1. The number of hydrogen-bond donors (Lipinski definition) is 3. The number of aromatic amines is 1. The molecule has 2 bridgehead atoms. The van der Waals surface area contributed by atoms with E-state index in [1.165, 1.54) is 24.1 Å². The normalized spacial score (nSPS) is 20.8. The molecule has 2 aliphatic heterocycles. The molecule has 5 heterocycles. The van der Waals surface area contributed by atoms with Crippen molar-refractivity contribution in [3.63, 3.8) is 0 Å². The van der Waals surface area contributed by atoms with Crippen molar-refractivity contribution in [2.45, 2.75) is 70.1 Å². The number of anilines is 3. The Morgan fingerprint density at radius 2 is 1.95 bits per heavy atom. The Morgan fingerprint density at radius 1 is 1.10 bits per heavy atom. The molecule has 2 atom stereocenters. The lowest BCUT2D eigenvalue weighted by atomic mass is 10.1. The summed E-state index contributed by atoms with van der Waals surface area (Å²) in [4.78, 5) is 14.7. The van der Waals surface area contributed by atoms with E-state index in [1.807, 2.05) is 6.07 Å². The molecule has 1 aromatic carbocycles. The fourth-order valence-corrected chi connectivity index (χ4v) is 5.94. The third-order valence-corrected chi connectivity index (χ3v) is 8.23. The summed E-state index contributed by atoms with van der Waals surface area (Å²) >= 11 is 0. The minimum atomic E-state index is 0.307. The van der Waals surface area contributed by atoms with Crippen LogP contribution in [0.4, 0.5) is 17.6 Å². The van der Waals surface area contributed by atoms with Gasteiger partial charge in [0.2, 0.25) is 5.95 Å². The topological polar surface area (TPSA) is 125 Å². The molecule has 0 amide bonds. The largest absolute Gasteiger partial charge is 0.383 e. The maximum atomic E-state index is 6.65. The summed E-state index contributed by atoms with van der Waals surface area (Å²) in [7, 11) is 0. The van der Waals surface area contributed by atoms with E-state index >= 15 is 0 Å². The molecule has 0 spiro atoms. The van der Waals surface area contributed by atoms with Crippen molar-refractivity contribution in [2.75, 3.05) is 29.0 Å². The van der Waals surface area contributed by atoms with Crippen LogP contribution in [-0.2, 0) is 13.1 Å². The van der Waals surface area contributed by atoms with E-state index in [0.717, 1.165) is 54.6 Å². The molecule has 3 aliphatic rings. The number of rotatable bonds is 9. The molecule has 7 rings (SSSR count). The molecule has 1 saturated carbocycles. The number of nitrogens with two attached hydrogens (primary N) is 1. The van der Waals surface area contributed by atoms with E-state index in [0.29, 0.717) is 42.2 Å². The molecule has 3 fully saturated rings. The molecule has 4 N–H and O–H groups in total. The lowest BCUT2D eigenvalue weighted by Crippen LogP contribution is -2.46. The highest BCUT2D eigenvalue weighted by atomic mass is 16.5. The summed E-state index contributed by atoms with van der Waals surface area (Å²) in [5.74, 6) is 3.39. The van der Waals surface area contributed by atoms with Crippen LogP contribution >= 0.6 is 0 Å². The van der Waals surface area contributed by atoms with Crippen molar-refractivity contribution < 1.29 is 4.52 Å². The first-order chi connectivity index (χ1) is 19.0. The number of nitrogens with one attached hydrogen (secondary N) is 2. The number of fused-ring (bicyclic) bond motifs is 2. The van der Waals surface area contributed by atoms with Gasteiger partial charge in [-0.05, 0) is 36.8 Å². The maximum Gasteiger partial charge on any atom is 0.227 e. The van der Waals surface area contributed by atoms with Gasteiger partial charge in [0, 0.05) is 49.4 Å².